The topological polar surface area (TPSA) is 100 Å². The van der Waals surface area contributed by atoms with Crippen LogP contribution in [0.5, 0.6) is 0 Å². The van der Waals surface area contributed by atoms with Crippen LogP contribution in [0.25, 0.3) is 22.0 Å². The fourth-order valence-electron chi connectivity index (χ4n) is 4.82. The van der Waals surface area contributed by atoms with E-state index < -0.39 is 27.3 Å². The van der Waals surface area contributed by atoms with Gasteiger partial charge in [0.05, 0.1) is 21.8 Å². The van der Waals surface area contributed by atoms with Gasteiger partial charge in [0.15, 0.2) is 5.82 Å². The molecule has 0 aliphatic heterocycles. The van der Waals surface area contributed by atoms with E-state index in [0.717, 1.165) is 44.0 Å². The molecule has 12 heteroatoms. The van der Waals surface area contributed by atoms with Crippen LogP contribution < -0.4 is 10.0 Å². The van der Waals surface area contributed by atoms with E-state index in [2.05, 4.69) is 44.0 Å². The largest absolute Gasteiger partial charge is 0.351 e. The first-order chi connectivity index (χ1) is 18.6. The van der Waals surface area contributed by atoms with E-state index in [1.54, 1.807) is 24.4 Å². The molecular weight excluding hydrogens is 546 g/mol. The molecule has 2 aromatic carbocycles. The van der Waals surface area contributed by atoms with Crippen LogP contribution in [0, 0.1) is 11.6 Å². The lowest BCUT2D eigenvalue weighted by molar-refractivity contribution is 0.221. The number of aromatic nitrogens is 3. The van der Waals surface area contributed by atoms with Crippen LogP contribution in [0.3, 0.4) is 0 Å². The van der Waals surface area contributed by atoms with Crippen molar-refractivity contribution in [2.24, 2.45) is 0 Å². The number of nitrogens with zero attached hydrogens (tertiary/aromatic N) is 4. The number of nitrogens with one attached hydrogen (secondary N) is 2. The Morgan fingerprint density at radius 2 is 1.77 bits per heavy atom. The van der Waals surface area contributed by atoms with Crippen molar-refractivity contribution in [3.8, 4) is 11.1 Å². The van der Waals surface area contributed by atoms with E-state index in [0.29, 0.717) is 22.9 Å². The highest BCUT2D eigenvalue weighted by molar-refractivity contribution is 7.92. The predicted molar refractivity (Wildman–Crippen MR) is 148 cm³/mol. The Bertz CT molecular complexity index is 1630. The Morgan fingerprint density at radius 3 is 2.49 bits per heavy atom. The van der Waals surface area contributed by atoms with Crippen molar-refractivity contribution in [3.05, 3.63) is 71.6 Å². The summed E-state index contributed by atoms with van der Waals surface area (Å²) in [4.78, 5) is 14.7. The summed E-state index contributed by atoms with van der Waals surface area (Å²) in [6, 6.07) is 8.86. The van der Waals surface area contributed by atoms with Crippen molar-refractivity contribution in [1.29, 1.82) is 0 Å². The van der Waals surface area contributed by atoms with Crippen LogP contribution in [0.15, 0.2) is 59.9 Å². The molecule has 39 heavy (non-hydrogen) atoms. The first kappa shape index (κ1) is 27.2. The van der Waals surface area contributed by atoms with Crippen molar-refractivity contribution in [2.75, 3.05) is 24.1 Å². The number of rotatable bonds is 7. The minimum absolute atomic E-state index is 0.103. The highest BCUT2D eigenvalue weighted by Gasteiger charge is 2.24. The molecule has 1 saturated carbocycles. The number of fused-ring (bicyclic) bond motifs is 1. The Kier molecular flexibility index (Phi) is 7.66. The standard InChI is InChI=1S/C27H27ClF2N6O2S/c1-36(2)20-6-4-19(5-7-20)33-27-32-13-17-11-16(3-9-23(17)34-27)25-22(29)8-10-24(26(25)30)35-39(37,38)21-12-18(28)14-31-15-21/h3,8-15,19-20,35H,4-7H2,1-2H3,(H,32,33,34)/t19-,20-. The summed E-state index contributed by atoms with van der Waals surface area (Å²) < 4.78 is 58.0. The number of hydrogen-bond acceptors (Lipinski definition) is 7. The number of anilines is 2. The molecule has 0 saturated heterocycles. The molecule has 0 amide bonds. The third-order valence-electron chi connectivity index (χ3n) is 6.95. The summed E-state index contributed by atoms with van der Waals surface area (Å²) >= 11 is 5.84. The fraction of sp³-hybridized carbons (Fsp3) is 0.296. The van der Waals surface area contributed by atoms with E-state index in [1.807, 2.05) is 0 Å². The molecular formula is C27H27ClF2N6O2S. The maximum absolute atomic E-state index is 15.5. The third-order valence-corrected chi connectivity index (χ3v) is 8.49. The monoisotopic (exact) mass is 572 g/mol. The van der Waals surface area contributed by atoms with Crippen LogP contribution in [0.4, 0.5) is 20.4 Å². The average Bonchev–Trinajstić information content (AvgIpc) is 2.91. The molecule has 2 heterocycles. The molecule has 0 radical (unpaired) electrons. The zero-order valence-corrected chi connectivity index (χ0v) is 22.9. The smallest absolute Gasteiger partial charge is 0.263 e. The maximum atomic E-state index is 15.5. The summed E-state index contributed by atoms with van der Waals surface area (Å²) in [5.74, 6) is -1.39. The van der Waals surface area contributed by atoms with Crippen LogP contribution >= 0.6 is 11.6 Å². The highest BCUT2D eigenvalue weighted by atomic mass is 35.5. The van der Waals surface area contributed by atoms with E-state index in [-0.39, 0.29) is 27.1 Å². The van der Waals surface area contributed by atoms with Crippen molar-refractivity contribution in [1.82, 2.24) is 19.9 Å². The van der Waals surface area contributed by atoms with E-state index in [4.69, 9.17) is 11.6 Å². The molecule has 2 aromatic heterocycles. The number of halogens is 3. The minimum Gasteiger partial charge on any atom is -0.351 e. The second kappa shape index (κ2) is 11.0. The number of pyridine rings is 1. The van der Waals surface area contributed by atoms with Crippen LogP contribution in [-0.2, 0) is 10.0 Å². The van der Waals surface area contributed by atoms with Gasteiger partial charge in [-0.25, -0.2) is 27.2 Å². The van der Waals surface area contributed by atoms with Gasteiger partial charge in [-0.1, -0.05) is 17.7 Å². The highest BCUT2D eigenvalue weighted by Crippen LogP contribution is 2.33. The molecule has 1 aliphatic carbocycles. The summed E-state index contributed by atoms with van der Waals surface area (Å²) in [5, 5.41) is 4.10. The first-order valence-electron chi connectivity index (χ1n) is 12.4. The zero-order chi connectivity index (χ0) is 27.7. The Hall–Kier alpha value is -3.41. The normalized spacial score (nSPS) is 17.9. The van der Waals surface area contributed by atoms with Gasteiger partial charge in [-0.3, -0.25) is 9.71 Å². The van der Waals surface area contributed by atoms with Crippen LogP contribution in [0.1, 0.15) is 25.7 Å². The third kappa shape index (κ3) is 5.95. The van der Waals surface area contributed by atoms with Gasteiger partial charge in [0, 0.05) is 36.1 Å². The molecule has 0 bridgehead atoms. The first-order valence-corrected chi connectivity index (χ1v) is 14.3. The average molecular weight is 573 g/mol. The molecule has 5 rings (SSSR count). The number of sulfonamides is 1. The lowest BCUT2D eigenvalue weighted by Crippen LogP contribution is -2.36. The van der Waals surface area contributed by atoms with Crippen molar-refractivity contribution >= 4 is 44.2 Å². The van der Waals surface area contributed by atoms with Gasteiger partial charge in [0.2, 0.25) is 5.95 Å². The molecule has 1 aliphatic rings. The quantitative estimate of drug-likeness (QED) is 0.293. The van der Waals surface area contributed by atoms with Gasteiger partial charge < -0.3 is 10.2 Å². The van der Waals surface area contributed by atoms with Gasteiger partial charge in [-0.2, -0.15) is 0 Å². The summed E-state index contributed by atoms with van der Waals surface area (Å²) in [6.07, 6.45) is 8.21. The van der Waals surface area contributed by atoms with E-state index in [1.165, 1.54) is 12.3 Å². The van der Waals surface area contributed by atoms with Crippen LogP contribution in [-0.4, -0.2) is 54.4 Å². The van der Waals surface area contributed by atoms with Gasteiger partial charge in [0.1, 0.15) is 10.7 Å². The SMILES string of the molecule is CN(C)[C@H]1CC[C@H](Nc2ncc3cc(-c4c(F)ccc(NS(=O)(=O)c5cncc(Cl)c5)c4F)ccc3n2)CC1. The van der Waals surface area contributed by atoms with Crippen molar-refractivity contribution in [3.63, 3.8) is 0 Å². The molecule has 4 aromatic rings. The number of benzene rings is 2. The summed E-state index contributed by atoms with van der Waals surface area (Å²) in [5.41, 5.74) is 0.0473. The lowest BCUT2D eigenvalue weighted by atomic mass is 9.91. The van der Waals surface area contributed by atoms with Crippen molar-refractivity contribution < 1.29 is 17.2 Å². The van der Waals surface area contributed by atoms with Crippen LogP contribution in [0.2, 0.25) is 5.02 Å². The minimum atomic E-state index is -4.22. The molecule has 0 unspecified atom stereocenters. The van der Waals surface area contributed by atoms with Gasteiger partial charge in [-0.05, 0) is 75.7 Å². The molecule has 8 nitrogen and oxygen atoms in total. The lowest BCUT2D eigenvalue weighted by Gasteiger charge is -2.32. The maximum Gasteiger partial charge on any atom is 0.263 e. The summed E-state index contributed by atoms with van der Waals surface area (Å²) in [6.45, 7) is 0. The number of hydrogen-bond donors (Lipinski definition) is 2. The van der Waals surface area contributed by atoms with Gasteiger partial charge in [-0.15, -0.1) is 0 Å². The Balaban J connectivity index is 1.38. The van der Waals surface area contributed by atoms with Gasteiger partial charge in [0.25, 0.3) is 10.0 Å². The Morgan fingerprint density at radius 1 is 1.00 bits per heavy atom. The second-order valence-electron chi connectivity index (χ2n) is 9.81. The molecule has 0 spiro atoms. The Labute approximate surface area is 230 Å². The predicted octanol–water partition coefficient (Wildman–Crippen LogP) is 5.71. The molecule has 204 valence electrons. The van der Waals surface area contributed by atoms with E-state index >= 15 is 4.39 Å². The molecule has 1 fully saturated rings. The van der Waals surface area contributed by atoms with Crippen molar-refractivity contribution in [2.45, 2.75) is 42.7 Å². The zero-order valence-electron chi connectivity index (χ0n) is 21.3. The second-order valence-corrected chi connectivity index (χ2v) is 11.9. The fourth-order valence-corrected chi connectivity index (χ4v) is 6.10. The molecule has 2 N–H and O–H groups in total. The molecule has 0 atom stereocenters. The van der Waals surface area contributed by atoms with Gasteiger partial charge >= 0.3 is 0 Å². The van der Waals surface area contributed by atoms with E-state index in [9.17, 15) is 12.8 Å². The summed E-state index contributed by atoms with van der Waals surface area (Å²) in [7, 11) is -0.0151.